The molecule has 1 aromatic rings. The molecule has 0 saturated carbocycles. The third-order valence-corrected chi connectivity index (χ3v) is 3.58. The van der Waals surface area contributed by atoms with Gasteiger partial charge in [-0.25, -0.2) is 0 Å². The maximum Gasteiger partial charge on any atom is 0.246 e. The number of nitrogens with zero attached hydrogens (tertiary/aromatic N) is 2. The predicted molar refractivity (Wildman–Crippen MR) is 62.1 cm³/mol. The van der Waals surface area contributed by atoms with Crippen LogP contribution in [0.1, 0.15) is 31.5 Å². The van der Waals surface area contributed by atoms with E-state index in [4.69, 9.17) is 15.0 Å². The van der Waals surface area contributed by atoms with Crippen LogP contribution < -0.4 is 5.73 Å². The van der Waals surface area contributed by atoms with Gasteiger partial charge in [-0.3, -0.25) is 0 Å². The summed E-state index contributed by atoms with van der Waals surface area (Å²) in [5.41, 5.74) is 5.75. The van der Waals surface area contributed by atoms with Gasteiger partial charge in [-0.05, 0) is 18.6 Å². The van der Waals surface area contributed by atoms with Gasteiger partial charge in [0.15, 0.2) is 5.82 Å². The lowest BCUT2D eigenvalue weighted by molar-refractivity contribution is 0.0400. The van der Waals surface area contributed by atoms with E-state index < -0.39 is 5.54 Å². The van der Waals surface area contributed by atoms with Crippen LogP contribution in [0.5, 0.6) is 0 Å². The van der Waals surface area contributed by atoms with Crippen molar-refractivity contribution in [3.8, 4) is 0 Å². The van der Waals surface area contributed by atoms with Crippen molar-refractivity contribution in [2.45, 2.75) is 31.1 Å². The van der Waals surface area contributed by atoms with Crippen molar-refractivity contribution in [2.24, 2.45) is 5.73 Å². The zero-order chi connectivity index (χ0) is 11.4. The standard InChI is InChI=1S/C10H17N3O2S/c1-2-16-7-8-12-9(15-13-8)10(11)3-5-14-6-4-10/h2-7,11H2,1H3. The Morgan fingerprint density at radius 1 is 1.44 bits per heavy atom. The van der Waals surface area contributed by atoms with Gasteiger partial charge >= 0.3 is 0 Å². The van der Waals surface area contributed by atoms with Crippen molar-refractivity contribution in [3.05, 3.63) is 11.7 Å². The fraction of sp³-hybridized carbons (Fsp3) is 0.800. The molecule has 0 aliphatic carbocycles. The minimum Gasteiger partial charge on any atom is -0.381 e. The largest absolute Gasteiger partial charge is 0.381 e. The molecule has 6 heteroatoms. The summed E-state index contributed by atoms with van der Waals surface area (Å²) < 4.78 is 10.5. The molecule has 16 heavy (non-hydrogen) atoms. The molecule has 5 nitrogen and oxygen atoms in total. The third-order valence-electron chi connectivity index (χ3n) is 2.71. The highest BCUT2D eigenvalue weighted by molar-refractivity contribution is 7.98. The molecule has 1 saturated heterocycles. The van der Waals surface area contributed by atoms with Crippen molar-refractivity contribution >= 4 is 11.8 Å². The zero-order valence-electron chi connectivity index (χ0n) is 9.44. The lowest BCUT2D eigenvalue weighted by Gasteiger charge is -2.29. The summed E-state index contributed by atoms with van der Waals surface area (Å²) in [6.07, 6.45) is 1.49. The van der Waals surface area contributed by atoms with Crippen LogP contribution in [0.25, 0.3) is 0 Å². The Morgan fingerprint density at radius 2 is 2.19 bits per heavy atom. The monoisotopic (exact) mass is 243 g/mol. The van der Waals surface area contributed by atoms with Crippen molar-refractivity contribution in [1.29, 1.82) is 0 Å². The Balaban J connectivity index is 2.05. The second-order valence-electron chi connectivity index (χ2n) is 3.92. The first-order valence-electron chi connectivity index (χ1n) is 5.52. The first-order chi connectivity index (χ1) is 7.74. The molecule has 1 fully saturated rings. The van der Waals surface area contributed by atoms with Gasteiger partial charge in [0.25, 0.3) is 0 Å². The van der Waals surface area contributed by atoms with Gasteiger partial charge in [0.1, 0.15) is 5.54 Å². The van der Waals surface area contributed by atoms with Gasteiger partial charge in [-0.1, -0.05) is 12.1 Å². The van der Waals surface area contributed by atoms with Gasteiger partial charge in [-0.2, -0.15) is 16.7 Å². The van der Waals surface area contributed by atoms with Crippen molar-refractivity contribution in [3.63, 3.8) is 0 Å². The molecule has 0 aromatic carbocycles. The Morgan fingerprint density at radius 3 is 2.88 bits per heavy atom. The van der Waals surface area contributed by atoms with Crippen LogP contribution >= 0.6 is 11.8 Å². The van der Waals surface area contributed by atoms with Gasteiger partial charge < -0.3 is 15.0 Å². The van der Waals surface area contributed by atoms with Crippen molar-refractivity contribution < 1.29 is 9.26 Å². The first kappa shape index (κ1) is 11.9. The summed E-state index contributed by atoms with van der Waals surface area (Å²) in [6, 6.07) is 0. The Kier molecular flexibility index (Phi) is 3.83. The maximum absolute atomic E-state index is 6.24. The quantitative estimate of drug-likeness (QED) is 0.859. The van der Waals surface area contributed by atoms with Gasteiger partial charge in [0.05, 0.1) is 5.75 Å². The molecule has 90 valence electrons. The Bertz CT molecular complexity index is 337. The fourth-order valence-corrected chi connectivity index (χ4v) is 2.16. The molecular weight excluding hydrogens is 226 g/mol. The molecule has 0 amide bonds. The highest BCUT2D eigenvalue weighted by Crippen LogP contribution is 2.28. The number of nitrogens with two attached hydrogens (primary N) is 1. The molecule has 1 aliphatic heterocycles. The average Bonchev–Trinajstić information content (AvgIpc) is 2.77. The van der Waals surface area contributed by atoms with E-state index in [0.717, 1.165) is 30.2 Å². The van der Waals surface area contributed by atoms with E-state index >= 15 is 0 Å². The van der Waals surface area contributed by atoms with Crippen LogP contribution in [0.2, 0.25) is 0 Å². The maximum atomic E-state index is 6.24. The number of hydrogen-bond acceptors (Lipinski definition) is 6. The molecular formula is C10H17N3O2S. The molecule has 1 aromatic heterocycles. The number of ether oxygens (including phenoxy) is 1. The summed E-state index contributed by atoms with van der Waals surface area (Å²) in [4.78, 5) is 4.36. The van der Waals surface area contributed by atoms with Crippen LogP contribution in [-0.2, 0) is 16.0 Å². The second-order valence-corrected chi connectivity index (χ2v) is 5.20. The summed E-state index contributed by atoms with van der Waals surface area (Å²) in [7, 11) is 0. The minimum absolute atomic E-state index is 0.486. The molecule has 1 aliphatic rings. The molecule has 0 bridgehead atoms. The van der Waals surface area contributed by atoms with Crippen molar-refractivity contribution in [2.75, 3.05) is 19.0 Å². The Labute approximate surface area is 99.1 Å². The van der Waals surface area contributed by atoms with Crippen LogP contribution in [0.3, 0.4) is 0 Å². The highest BCUT2D eigenvalue weighted by atomic mass is 32.2. The minimum atomic E-state index is -0.486. The van der Waals surface area contributed by atoms with Gasteiger partial charge in [0.2, 0.25) is 5.89 Å². The predicted octanol–water partition coefficient (Wildman–Crippen LogP) is 1.29. The van der Waals surface area contributed by atoms with Crippen molar-refractivity contribution in [1.82, 2.24) is 10.1 Å². The topological polar surface area (TPSA) is 74.2 Å². The molecule has 2 heterocycles. The SMILES string of the molecule is CCSCc1noc(C2(N)CCOCC2)n1. The molecule has 0 radical (unpaired) electrons. The van der Waals surface area contributed by atoms with E-state index in [1.54, 1.807) is 11.8 Å². The lowest BCUT2D eigenvalue weighted by atomic mass is 9.91. The average molecular weight is 243 g/mol. The highest BCUT2D eigenvalue weighted by Gasteiger charge is 2.35. The number of thioether (sulfide) groups is 1. The summed E-state index contributed by atoms with van der Waals surface area (Å²) >= 11 is 1.77. The second kappa shape index (κ2) is 5.16. The summed E-state index contributed by atoms with van der Waals surface area (Å²) in [5.74, 6) is 3.12. The molecule has 0 unspecified atom stereocenters. The van der Waals surface area contributed by atoms with E-state index in [9.17, 15) is 0 Å². The molecule has 0 atom stereocenters. The van der Waals surface area contributed by atoms with Gasteiger partial charge in [0, 0.05) is 13.2 Å². The molecule has 2 rings (SSSR count). The lowest BCUT2D eigenvalue weighted by Crippen LogP contribution is -2.42. The Hall–Kier alpha value is -0.590. The van der Waals surface area contributed by atoms with Crippen LogP contribution in [-0.4, -0.2) is 29.1 Å². The molecule has 0 spiro atoms. The molecule has 2 N–H and O–H groups in total. The third kappa shape index (κ3) is 2.56. The van der Waals surface area contributed by atoms with E-state index in [1.807, 2.05) is 0 Å². The number of hydrogen-bond donors (Lipinski definition) is 1. The van der Waals surface area contributed by atoms with Crippen LogP contribution in [0, 0.1) is 0 Å². The summed E-state index contributed by atoms with van der Waals surface area (Å²) in [6.45, 7) is 3.43. The smallest absolute Gasteiger partial charge is 0.246 e. The first-order valence-corrected chi connectivity index (χ1v) is 6.67. The number of aromatic nitrogens is 2. The summed E-state index contributed by atoms with van der Waals surface area (Å²) in [5, 5.41) is 3.95. The fourth-order valence-electron chi connectivity index (χ4n) is 1.66. The van der Waals surface area contributed by atoms with E-state index in [1.165, 1.54) is 0 Å². The van der Waals surface area contributed by atoms with E-state index in [-0.39, 0.29) is 0 Å². The normalized spacial score (nSPS) is 19.9. The zero-order valence-corrected chi connectivity index (χ0v) is 10.3. The van der Waals surface area contributed by atoms with E-state index in [2.05, 4.69) is 17.1 Å². The van der Waals surface area contributed by atoms with E-state index in [0.29, 0.717) is 19.1 Å². The van der Waals surface area contributed by atoms with Crippen LogP contribution in [0.4, 0.5) is 0 Å². The van der Waals surface area contributed by atoms with Gasteiger partial charge in [-0.15, -0.1) is 0 Å². The van der Waals surface area contributed by atoms with Crippen LogP contribution in [0.15, 0.2) is 4.52 Å². The number of rotatable bonds is 4.